The lowest BCUT2D eigenvalue weighted by Crippen LogP contribution is -2.18. The molecular weight excluding hydrogens is 291 g/mol. The molecular formula is C12H16F3N3OS. The predicted octanol–water partition coefficient (Wildman–Crippen LogP) is 3.12. The number of hydrogen-bond acceptors (Lipinski definition) is 5. The van der Waals surface area contributed by atoms with Crippen LogP contribution < -0.4 is 5.32 Å². The number of halogens is 3. The number of rotatable bonds is 6. The Bertz CT molecular complexity index is 468. The van der Waals surface area contributed by atoms with Crippen LogP contribution in [0.1, 0.15) is 30.4 Å². The molecule has 0 bridgehead atoms. The summed E-state index contributed by atoms with van der Waals surface area (Å²) in [6.45, 7) is 1.31. The largest absolute Gasteiger partial charge is 0.411 e. The first-order valence-corrected chi connectivity index (χ1v) is 7.50. The minimum absolute atomic E-state index is 0.224. The van der Waals surface area contributed by atoms with Gasteiger partial charge in [0, 0.05) is 23.6 Å². The second-order valence-electron chi connectivity index (χ2n) is 4.44. The maximum atomic E-state index is 12.0. The van der Waals surface area contributed by atoms with E-state index in [1.807, 2.05) is 6.92 Å². The lowest BCUT2D eigenvalue weighted by Gasteiger charge is -2.12. The predicted molar refractivity (Wildman–Crippen MR) is 71.5 cm³/mol. The van der Waals surface area contributed by atoms with Crippen molar-refractivity contribution in [1.29, 1.82) is 0 Å². The van der Waals surface area contributed by atoms with E-state index in [0.29, 0.717) is 5.82 Å². The summed E-state index contributed by atoms with van der Waals surface area (Å²) in [6, 6.07) is 0. The Morgan fingerprint density at radius 2 is 2.10 bits per heavy atom. The molecule has 1 aliphatic heterocycles. The summed E-state index contributed by atoms with van der Waals surface area (Å²) in [5.41, 5.74) is 1.96. The molecule has 112 valence electrons. The first-order chi connectivity index (χ1) is 9.49. The van der Waals surface area contributed by atoms with E-state index in [9.17, 15) is 13.2 Å². The summed E-state index contributed by atoms with van der Waals surface area (Å²) < 4.78 is 40.7. The van der Waals surface area contributed by atoms with Crippen LogP contribution in [0.3, 0.4) is 0 Å². The number of nitrogens with one attached hydrogen (secondary N) is 1. The first-order valence-electron chi connectivity index (χ1n) is 6.34. The minimum Gasteiger partial charge on any atom is -0.370 e. The SMILES string of the molecule is CCCNc1nc(COCC(F)(F)F)nc2c1CSC2. The number of nitrogens with zero attached hydrogens (tertiary/aromatic N) is 2. The fourth-order valence-corrected chi connectivity index (χ4v) is 2.86. The average molecular weight is 307 g/mol. The molecule has 20 heavy (non-hydrogen) atoms. The third-order valence-corrected chi connectivity index (χ3v) is 3.63. The summed E-state index contributed by atoms with van der Waals surface area (Å²) in [7, 11) is 0. The van der Waals surface area contributed by atoms with Crippen LogP contribution in [0.25, 0.3) is 0 Å². The second kappa shape index (κ2) is 6.62. The van der Waals surface area contributed by atoms with Crippen LogP contribution in [-0.2, 0) is 22.8 Å². The van der Waals surface area contributed by atoms with Crippen LogP contribution in [0.2, 0.25) is 0 Å². The molecule has 0 aromatic carbocycles. The zero-order valence-electron chi connectivity index (χ0n) is 11.1. The van der Waals surface area contributed by atoms with Crippen molar-refractivity contribution < 1.29 is 17.9 Å². The molecule has 0 amide bonds. The van der Waals surface area contributed by atoms with Gasteiger partial charge in [-0.3, -0.25) is 0 Å². The van der Waals surface area contributed by atoms with Crippen molar-refractivity contribution in [3.05, 3.63) is 17.1 Å². The molecule has 2 heterocycles. The molecule has 1 aromatic heterocycles. The van der Waals surface area contributed by atoms with Gasteiger partial charge in [-0.2, -0.15) is 24.9 Å². The maximum Gasteiger partial charge on any atom is 0.411 e. The van der Waals surface area contributed by atoms with Crippen LogP contribution in [0.5, 0.6) is 0 Å². The van der Waals surface area contributed by atoms with Gasteiger partial charge in [0.05, 0.1) is 5.69 Å². The van der Waals surface area contributed by atoms with E-state index < -0.39 is 12.8 Å². The van der Waals surface area contributed by atoms with E-state index in [1.165, 1.54) is 0 Å². The summed E-state index contributed by atoms with van der Waals surface area (Å²) in [4.78, 5) is 8.55. The third kappa shape index (κ3) is 4.24. The lowest BCUT2D eigenvalue weighted by molar-refractivity contribution is -0.177. The number of alkyl halides is 3. The molecule has 0 atom stereocenters. The van der Waals surface area contributed by atoms with Crippen LogP contribution in [0, 0.1) is 0 Å². The quantitative estimate of drug-likeness (QED) is 0.875. The Morgan fingerprint density at radius 1 is 1.30 bits per heavy atom. The number of fused-ring (bicyclic) bond motifs is 1. The Kier molecular flexibility index (Phi) is 5.09. The van der Waals surface area contributed by atoms with Crippen LogP contribution in [-0.4, -0.2) is 29.3 Å². The van der Waals surface area contributed by atoms with Gasteiger partial charge in [-0.05, 0) is 6.42 Å². The lowest BCUT2D eigenvalue weighted by atomic mass is 10.2. The summed E-state index contributed by atoms with van der Waals surface area (Å²) >= 11 is 1.72. The van der Waals surface area contributed by atoms with E-state index in [2.05, 4.69) is 20.0 Å². The normalized spacial score (nSPS) is 14.4. The number of ether oxygens (including phenoxy) is 1. The molecule has 8 heteroatoms. The van der Waals surface area contributed by atoms with E-state index >= 15 is 0 Å². The maximum absolute atomic E-state index is 12.0. The van der Waals surface area contributed by atoms with Crippen LogP contribution in [0.15, 0.2) is 0 Å². The summed E-state index contributed by atoms with van der Waals surface area (Å²) in [5, 5.41) is 3.20. The molecule has 0 saturated heterocycles. The topological polar surface area (TPSA) is 47.0 Å². The highest BCUT2D eigenvalue weighted by Gasteiger charge is 2.28. The number of hydrogen-bond donors (Lipinski definition) is 1. The summed E-state index contributed by atoms with van der Waals surface area (Å²) in [6.07, 6.45) is -3.37. The minimum atomic E-state index is -4.32. The first kappa shape index (κ1) is 15.4. The van der Waals surface area contributed by atoms with Gasteiger partial charge in [0.15, 0.2) is 5.82 Å². The number of anilines is 1. The molecule has 1 aliphatic rings. The highest BCUT2D eigenvalue weighted by Crippen LogP contribution is 2.32. The Hall–Kier alpha value is -1.02. The molecule has 1 aromatic rings. The van der Waals surface area contributed by atoms with Crippen molar-refractivity contribution >= 4 is 17.6 Å². The molecule has 2 rings (SSSR count). The number of aromatic nitrogens is 2. The molecule has 0 unspecified atom stereocenters. The fourth-order valence-electron chi connectivity index (χ4n) is 1.81. The van der Waals surface area contributed by atoms with Gasteiger partial charge in [0.25, 0.3) is 0 Å². The molecule has 0 fully saturated rings. The smallest absolute Gasteiger partial charge is 0.370 e. The molecule has 0 radical (unpaired) electrons. The van der Waals surface area contributed by atoms with Crippen molar-refractivity contribution in [3.63, 3.8) is 0 Å². The Balaban J connectivity index is 2.06. The van der Waals surface area contributed by atoms with E-state index in [-0.39, 0.29) is 6.61 Å². The third-order valence-electron chi connectivity index (χ3n) is 2.66. The zero-order valence-corrected chi connectivity index (χ0v) is 11.9. The van der Waals surface area contributed by atoms with Crippen LogP contribution in [0.4, 0.5) is 19.0 Å². The Morgan fingerprint density at radius 3 is 2.80 bits per heavy atom. The fraction of sp³-hybridized carbons (Fsp3) is 0.667. The van der Waals surface area contributed by atoms with E-state index in [0.717, 1.165) is 41.5 Å². The second-order valence-corrected chi connectivity index (χ2v) is 5.43. The van der Waals surface area contributed by atoms with Gasteiger partial charge < -0.3 is 10.1 Å². The highest BCUT2D eigenvalue weighted by molar-refractivity contribution is 7.98. The van der Waals surface area contributed by atoms with Crippen molar-refractivity contribution in [3.8, 4) is 0 Å². The molecule has 0 spiro atoms. The molecule has 0 aliphatic carbocycles. The van der Waals surface area contributed by atoms with Gasteiger partial charge in [-0.15, -0.1) is 0 Å². The zero-order chi connectivity index (χ0) is 14.6. The summed E-state index contributed by atoms with van der Waals surface area (Å²) in [5.74, 6) is 2.64. The van der Waals surface area contributed by atoms with Gasteiger partial charge in [-0.25, -0.2) is 9.97 Å². The molecule has 4 nitrogen and oxygen atoms in total. The van der Waals surface area contributed by atoms with E-state index in [1.54, 1.807) is 11.8 Å². The van der Waals surface area contributed by atoms with Crippen molar-refractivity contribution in [2.75, 3.05) is 18.5 Å². The van der Waals surface area contributed by atoms with Crippen molar-refractivity contribution in [2.45, 2.75) is 37.6 Å². The number of thioether (sulfide) groups is 1. The van der Waals surface area contributed by atoms with E-state index in [4.69, 9.17) is 0 Å². The molecule has 0 saturated carbocycles. The standard InChI is InChI=1S/C12H16F3N3OS/c1-2-3-16-11-8-5-20-6-9(8)17-10(18-11)4-19-7-12(13,14)15/h2-7H2,1H3,(H,16,17,18). The van der Waals surface area contributed by atoms with Gasteiger partial charge in [0.2, 0.25) is 0 Å². The van der Waals surface area contributed by atoms with Gasteiger partial charge >= 0.3 is 6.18 Å². The van der Waals surface area contributed by atoms with Crippen molar-refractivity contribution in [2.24, 2.45) is 0 Å². The van der Waals surface area contributed by atoms with Gasteiger partial charge in [0.1, 0.15) is 19.0 Å². The highest BCUT2D eigenvalue weighted by atomic mass is 32.2. The average Bonchev–Trinajstić information content (AvgIpc) is 2.82. The van der Waals surface area contributed by atoms with Crippen LogP contribution >= 0.6 is 11.8 Å². The monoisotopic (exact) mass is 307 g/mol. The van der Waals surface area contributed by atoms with Crippen molar-refractivity contribution in [1.82, 2.24) is 9.97 Å². The van der Waals surface area contributed by atoms with Gasteiger partial charge in [-0.1, -0.05) is 6.92 Å². The molecule has 1 N–H and O–H groups in total. The Labute approximate surface area is 119 Å².